The molecule has 0 saturated heterocycles. The average Bonchev–Trinajstić information content (AvgIpc) is 2.19. The molecule has 1 aromatic heterocycles. The van der Waals surface area contributed by atoms with Crippen molar-refractivity contribution >= 4 is 11.6 Å². The van der Waals surface area contributed by atoms with E-state index in [2.05, 4.69) is 4.98 Å². The molecule has 0 spiro atoms. The van der Waals surface area contributed by atoms with Gasteiger partial charge in [-0.3, -0.25) is 0 Å². The minimum atomic E-state index is -0.468. The Balaban J connectivity index is 3.03. The lowest BCUT2D eigenvalue weighted by Gasteiger charge is -2.06. The first-order valence-electron chi connectivity index (χ1n) is 3.88. The van der Waals surface area contributed by atoms with Crippen molar-refractivity contribution in [2.45, 2.75) is 12.5 Å². The predicted molar refractivity (Wildman–Crippen MR) is 51.1 cm³/mol. The number of pyridine rings is 1. The van der Waals surface area contributed by atoms with Crippen molar-refractivity contribution in [1.29, 1.82) is 10.5 Å². The molecule has 1 rings (SSSR count). The summed E-state index contributed by atoms with van der Waals surface area (Å²) in [5, 5.41) is 17.4. The quantitative estimate of drug-likeness (QED) is 0.795. The minimum Gasteiger partial charge on any atom is -0.322 e. The van der Waals surface area contributed by atoms with Gasteiger partial charge in [-0.15, -0.1) is 0 Å². The summed E-state index contributed by atoms with van der Waals surface area (Å²) in [5.74, 6) is 0. The van der Waals surface area contributed by atoms with Gasteiger partial charge in [0, 0.05) is 0 Å². The van der Waals surface area contributed by atoms with Crippen molar-refractivity contribution in [3.8, 4) is 12.1 Å². The number of hydrogen-bond acceptors (Lipinski definition) is 4. The first-order valence-corrected chi connectivity index (χ1v) is 4.26. The molecule has 70 valence electrons. The van der Waals surface area contributed by atoms with E-state index in [1.165, 1.54) is 0 Å². The third kappa shape index (κ3) is 2.20. The van der Waals surface area contributed by atoms with E-state index in [1.807, 2.05) is 12.1 Å². The normalized spacial score (nSPS) is 11.4. The van der Waals surface area contributed by atoms with Gasteiger partial charge in [0.2, 0.25) is 0 Å². The summed E-state index contributed by atoms with van der Waals surface area (Å²) in [7, 11) is 0. The second-order valence-corrected chi connectivity index (χ2v) is 3.05. The van der Waals surface area contributed by atoms with E-state index >= 15 is 0 Å². The molecule has 0 aliphatic rings. The van der Waals surface area contributed by atoms with Crippen LogP contribution >= 0.6 is 11.6 Å². The van der Waals surface area contributed by atoms with Crippen molar-refractivity contribution in [3.05, 3.63) is 28.5 Å². The van der Waals surface area contributed by atoms with Gasteiger partial charge in [-0.2, -0.15) is 10.5 Å². The molecule has 1 heterocycles. The number of nitrogens with two attached hydrogens (primary N) is 1. The molecular formula is C9H7ClN4. The van der Waals surface area contributed by atoms with Crippen LogP contribution in [0.15, 0.2) is 12.1 Å². The molecule has 5 heteroatoms. The number of aromatic nitrogens is 1. The maximum absolute atomic E-state index is 8.65. The Bertz CT molecular complexity index is 416. The molecule has 0 fully saturated rings. The van der Waals surface area contributed by atoms with Crippen LogP contribution in [0, 0.1) is 22.7 Å². The van der Waals surface area contributed by atoms with Gasteiger partial charge in [0.1, 0.15) is 6.07 Å². The Morgan fingerprint density at radius 1 is 1.50 bits per heavy atom. The number of hydrogen-bond donors (Lipinski definition) is 1. The molecule has 4 nitrogen and oxygen atoms in total. The fraction of sp³-hybridized carbons (Fsp3) is 0.222. The Kier molecular flexibility index (Phi) is 3.41. The molecule has 0 amide bonds. The van der Waals surface area contributed by atoms with E-state index in [1.54, 1.807) is 12.1 Å². The lowest BCUT2D eigenvalue weighted by molar-refractivity contribution is 0.718. The van der Waals surface area contributed by atoms with Crippen LogP contribution in [0.5, 0.6) is 0 Å². The third-order valence-electron chi connectivity index (χ3n) is 1.66. The molecule has 0 aliphatic carbocycles. The highest BCUT2D eigenvalue weighted by Gasteiger charge is 2.09. The van der Waals surface area contributed by atoms with Gasteiger partial charge < -0.3 is 5.73 Å². The lowest BCUT2D eigenvalue weighted by Crippen LogP contribution is -2.11. The van der Waals surface area contributed by atoms with Crippen LogP contribution < -0.4 is 5.73 Å². The fourth-order valence-corrected chi connectivity index (χ4v) is 1.09. The van der Waals surface area contributed by atoms with Gasteiger partial charge in [0.05, 0.1) is 29.2 Å². The van der Waals surface area contributed by atoms with E-state index in [0.29, 0.717) is 10.7 Å². The Hall–Kier alpha value is -1.62. The molecule has 14 heavy (non-hydrogen) atoms. The Morgan fingerprint density at radius 2 is 2.21 bits per heavy atom. The van der Waals surface area contributed by atoms with Crippen molar-refractivity contribution in [2.24, 2.45) is 5.73 Å². The van der Waals surface area contributed by atoms with E-state index < -0.39 is 6.04 Å². The van der Waals surface area contributed by atoms with Crippen molar-refractivity contribution in [1.82, 2.24) is 4.98 Å². The summed E-state index contributed by atoms with van der Waals surface area (Å²) in [6, 6.07) is 6.49. The average molecular weight is 207 g/mol. The minimum absolute atomic E-state index is 0.137. The SMILES string of the molecule is N#CC[C@@H](N)c1ccc(Cl)c(C#N)n1. The second-order valence-electron chi connectivity index (χ2n) is 2.65. The summed E-state index contributed by atoms with van der Waals surface area (Å²) in [5.41, 5.74) is 6.29. The third-order valence-corrected chi connectivity index (χ3v) is 1.97. The number of halogens is 1. The van der Waals surface area contributed by atoms with Gasteiger partial charge in [-0.05, 0) is 12.1 Å². The first kappa shape index (κ1) is 10.5. The van der Waals surface area contributed by atoms with Gasteiger partial charge in [-0.25, -0.2) is 4.98 Å². The van der Waals surface area contributed by atoms with E-state index in [9.17, 15) is 0 Å². The monoisotopic (exact) mass is 206 g/mol. The van der Waals surface area contributed by atoms with Gasteiger partial charge in [0.15, 0.2) is 5.69 Å². The van der Waals surface area contributed by atoms with Gasteiger partial charge in [0.25, 0.3) is 0 Å². The second kappa shape index (κ2) is 4.57. The van der Waals surface area contributed by atoms with Gasteiger partial charge in [-0.1, -0.05) is 11.6 Å². The van der Waals surface area contributed by atoms with Crippen LogP contribution in [0.2, 0.25) is 5.02 Å². The number of nitrogens with zero attached hydrogens (tertiary/aromatic N) is 3. The van der Waals surface area contributed by atoms with Crippen LogP contribution in [0.4, 0.5) is 0 Å². The van der Waals surface area contributed by atoms with Crippen LogP contribution in [-0.2, 0) is 0 Å². The predicted octanol–water partition coefficient (Wildman–Crippen LogP) is 1.52. The van der Waals surface area contributed by atoms with Crippen LogP contribution in [-0.4, -0.2) is 4.98 Å². The lowest BCUT2D eigenvalue weighted by atomic mass is 10.1. The molecule has 0 unspecified atom stereocenters. The molecule has 2 N–H and O–H groups in total. The molecule has 0 aromatic carbocycles. The molecule has 0 aliphatic heterocycles. The topological polar surface area (TPSA) is 86.5 Å². The summed E-state index contributed by atoms with van der Waals surface area (Å²) < 4.78 is 0. The van der Waals surface area contributed by atoms with Crippen molar-refractivity contribution in [3.63, 3.8) is 0 Å². The molecule has 0 radical (unpaired) electrons. The Morgan fingerprint density at radius 3 is 2.79 bits per heavy atom. The molecular weight excluding hydrogens is 200 g/mol. The first-order chi connectivity index (χ1) is 6.69. The highest BCUT2D eigenvalue weighted by atomic mass is 35.5. The zero-order valence-electron chi connectivity index (χ0n) is 7.24. The summed E-state index contributed by atoms with van der Waals surface area (Å²) >= 11 is 5.69. The van der Waals surface area contributed by atoms with E-state index in [0.717, 1.165) is 0 Å². The highest BCUT2D eigenvalue weighted by Crippen LogP contribution is 2.17. The zero-order chi connectivity index (χ0) is 10.6. The number of rotatable bonds is 2. The summed E-state index contributed by atoms with van der Waals surface area (Å²) in [6.45, 7) is 0. The number of nitriles is 2. The highest BCUT2D eigenvalue weighted by molar-refractivity contribution is 6.31. The Labute approximate surface area is 86.5 Å². The molecule has 0 bridgehead atoms. The smallest absolute Gasteiger partial charge is 0.159 e. The van der Waals surface area contributed by atoms with E-state index in [4.69, 9.17) is 27.9 Å². The maximum atomic E-state index is 8.65. The maximum Gasteiger partial charge on any atom is 0.159 e. The van der Waals surface area contributed by atoms with E-state index in [-0.39, 0.29) is 12.1 Å². The van der Waals surface area contributed by atoms with Gasteiger partial charge >= 0.3 is 0 Å². The summed E-state index contributed by atoms with van der Waals surface area (Å²) in [4.78, 5) is 3.94. The fourth-order valence-electron chi connectivity index (χ4n) is 0.945. The molecule has 1 aromatic rings. The van der Waals surface area contributed by atoms with Crippen molar-refractivity contribution in [2.75, 3.05) is 0 Å². The largest absolute Gasteiger partial charge is 0.322 e. The molecule has 1 atom stereocenters. The van der Waals surface area contributed by atoms with Crippen LogP contribution in [0.1, 0.15) is 23.9 Å². The summed E-state index contributed by atoms with van der Waals surface area (Å²) in [6.07, 6.45) is 0.166. The van der Waals surface area contributed by atoms with Crippen molar-refractivity contribution < 1.29 is 0 Å². The zero-order valence-corrected chi connectivity index (χ0v) is 7.99. The van der Waals surface area contributed by atoms with Crippen LogP contribution in [0.25, 0.3) is 0 Å². The standard InChI is InChI=1S/C9H7ClN4/c10-6-1-2-8(7(13)3-4-11)14-9(6)5-12/h1-2,7H,3,13H2/t7-/m1/s1. The molecule has 0 saturated carbocycles. The van der Waals surface area contributed by atoms with Crippen LogP contribution in [0.3, 0.4) is 0 Å².